The standard InChI is InChI=1S/C94H149F2N13O23/c1-11-20-85-131-80-58-68-69-57-71(95)70-56-66(110)30-33-91(70,5)93(69,96)78(112)59-92(68,6)94(80,132-85)79(113)60-128-67-28-26-65(27-29-67)100-89(118)64(4)55-75(111)86(63(2)3)102-90(119)72(101-82(115)32-40-121-44-48-125-51-53-126-49-45-122-41-36-99-84(117)62-129-76-24-16-12-14-22-73-87(76)103-105-107(73)7)21-18-19-34-97-83(116)61-130-77-25-17-13-15-23-74-88(77)104-106-108(74)37-42-123-46-50-127-54-52-124-47-43-120-39-31-81(114)98-35-38-109(8,9)10/h26-30,33,56,63-64,68-69,71-72,76-78,80,85-86,103-106,112H,11-25,31-32,34-55,57-62H2,1-10H3,(H5-,97,98,99,100,101,102,114,115,116,117,118,119)/p+1/t64-,68+,69+,71+,72-,76?,77?,78+,80-,85?,86+,91+,92+,93+,94-/m1/s1. The molecule has 3 aliphatic heterocycles. The molecule has 0 aromatic heterocycles. The van der Waals surface area contributed by atoms with Crippen molar-refractivity contribution in [3.05, 3.63) is 70.9 Å². The van der Waals surface area contributed by atoms with Crippen molar-refractivity contribution in [2.24, 2.45) is 34.5 Å². The van der Waals surface area contributed by atoms with Gasteiger partial charge in [0.1, 0.15) is 50.0 Å². The number of rotatable bonds is 59. The zero-order chi connectivity index (χ0) is 94.9. The number of likely N-dealkylation sites (N-methyl/N-ethyl adjacent to an activating group) is 1. The molecule has 11 N–H and O–H groups in total. The van der Waals surface area contributed by atoms with Gasteiger partial charge in [0.15, 0.2) is 29.1 Å². The third kappa shape index (κ3) is 29.6. The minimum Gasteiger partial charge on any atom is -0.486 e. The summed E-state index contributed by atoms with van der Waals surface area (Å²) >= 11 is 0. The molecule has 1 aromatic rings. The molecule has 3 unspecified atom stereocenters. The minimum absolute atomic E-state index is 0.00205. The van der Waals surface area contributed by atoms with Crippen LogP contribution in [0.4, 0.5) is 14.5 Å². The number of Topliss-reactive ketones (excluding diaryl/α,β-unsaturated/α-hetero) is 2. The monoisotopic (exact) mass is 1870 g/mol. The first-order valence-corrected chi connectivity index (χ1v) is 47.8. The Bertz CT molecular complexity index is 4050. The number of aliphatic hydroxyl groups is 1. The number of alkyl halides is 2. The topological polar surface area (TPSA) is 421 Å². The summed E-state index contributed by atoms with van der Waals surface area (Å²) in [7, 11) is 8.19. The maximum Gasteiger partial charge on any atom is 0.246 e. The molecule has 15 atom stereocenters. The van der Waals surface area contributed by atoms with Gasteiger partial charge in [-0.3, -0.25) is 53.2 Å². The number of carbonyl (C=O) groups is 9. The van der Waals surface area contributed by atoms with Gasteiger partial charge in [0.2, 0.25) is 41.2 Å². The quantitative estimate of drug-likeness (QED) is 0.0281. The number of anilines is 1. The summed E-state index contributed by atoms with van der Waals surface area (Å²) in [4.78, 5) is 122. The largest absolute Gasteiger partial charge is 0.486 e. The van der Waals surface area contributed by atoms with E-state index < -0.39 is 124 Å². The molecule has 9 aliphatic rings. The van der Waals surface area contributed by atoms with Crippen LogP contribution in [0.15, 0.2) is 70.9 Å². The van der Waals surface area contributed by atoms with Crippen molar-refractivity contribution < 1.29 is 123 Å². The number of nitrogens with zero attached hydrogens (tertiary/aromatic N) is 3. The number of hydrogen-bond donors (Lipinski definition) is 11. The lowest BCUT2D eigenvalue weighted by Gasteiger charge is -2.63. The van der Waals surface area contributed by atoms with Crippen molar-refractivity contribution in [1.29, 1.82) is 0 Å². The molecule has 6 amide bonds. The molecule has 6 aliphatic carbocycles. The van der Waals surface area contributed by atoms with Gasteiger partial charge in [0.25, 0.3) is 0 Å². The third-order valence-electron chi connectivity index (χ3n) is 26.6. The van der Waals surface area contributed by atoms with Gasteiger partial charge in [-0.2, -0.15) is 0 Å². The van der Waals surface area contributed by atoms with Gasteiger partial charge in [-0.25, -0.2) is 8.78 Å². The number of unbranched alkanes of at least 4 members (excludes halogenated alkanes) is 1. The zero-order valence-electron chi connectivity index (χ0n) is 79.3. The number of benzene rings is 1. The molecule has 36 nitrogen and oxygen atoms in total. The summed E-state index contributed by atoms with van der Waals surface area (Å²) in [5.74, 6) is -6.33. The van der Waals surface area contributed by atoms with Crippen LogP contribution in [0.3, 0.4) is 0 Å². The van der Waals surface area contributed by atoms with Crippen molar-refractivity contribution >= 4 is 58.5 Å². The Balaban J connectivity index is 0.646. The van der Waals surface area contributed by atoms with E-state index in [1.54, 1.807) is 52.0 Å². The van der Waals surface area contributed by atoms with Crippen LogP contribution < -0.4 is 58.6 Å². The van der Waals surface area contributed by atoms with Crippen LogP contribution in [0.5, 0.6) is 5.75 Å². The molecule has 0 spiro atoms. The van der Waals surface area contributed by atoms with E-state index in [2.05, 4.69) is 75.0 Å². The number of allylic oxidation sites excluding steroid dienone is 6. The SMILES string of the molecule is CCCC1O[C@@H]2C[C@H]3[C@@H]4C[C@H](F)C5=CC(=O)C=C[C@]5(C)[C@@]4(F)[C@@H](O)C[C@]3(C)[C@]2(C(=O)COc2ccc(NC(=O)[C@H](C)CC(=O)[C@@H](NC(=O)[C@@H](CCCCNC(=O)COC3CCCCCC4=C3NNN4CCOCCOCCOCCOCCC(=O)NCC[N+](C)(C)C)NC(=O)CCOCCOCCOCCOCCNC(=O)COC3CCCCCC4=C3NNN4C)C(C)C)cc2)O1. The molecule has 3 saturated carbocycles. The lowest BCUT2D eigenvalue weighted by molar-refractivity contribution is -0.869. The second-order valence-electron chi connectivity index (χ2n) is 37.6. The molecule has 38 heteroatoms. The van der Waals surface area contributed by atoms with E-state index in [4.69, 9.17) is 61.6 Å². The van der Waals surface area contributed by atoms with Crippen LogP contribution in [0.25, 0.3) is 0 Å². The highest BCUT2D eigenvalue weighted by atomic mass is 19.1. The van der Waals surface area contributed by atoms with Crippen LogP contribution in [0.1, 0.15) is 176 Å². The van der Waals surface area contributed by atoms with Crippen LogP contribution in [0, 0.1) is 34.5 Å². The van der Waals surface area contributed by atoms with Crippen molar-refractivity contribution in [3.63, 3.8) is 0 Å². The molecule has 1 aromatic carbocycles. The van der Waals surface area contributed by atoms with E-state index in [1.165, 1.54) is 19.1 Å². The summed E-state index contributed by atoms with van der Waals surface area (Å²) in [6.45, 7) is 17.3. The molecule has 742 valence electrons. The number of carbonyl (C=O) groups excluding carboxylic acids is 9. The number of hydrogen-bond acceptors (Lipinski definition) is 29. The number of hydrazine groups is 4. The van der Waals surface area contributed by atoms with E-state index in [1.807, 2.05) is 24.0 Å². The van der Waals surface area contributed by atoms with E-state index in [-0.39, 0.29) is 126 Å². The normalized spacial score (nSPS) is 26.3. The van der Waals surface area contributed by atoms with Crippen molar-refractivity contribution in [2.75, 3.05) is 192 Å². The first-order chi connectivity index (χ1) is 63.4. The van der Waals surface area contributed by atoms with Crippen molar-refractivity contribution in [2.45, 2.75) is 237 Å². The molecule has 132 heavy (non-hydrogen) atoms. The third-order valence-corrected chi connectivity index (χ3v) is 26.6. The number of fused-ring (bicyclic) bond motifs is 7. The predicted octanol–water partition coefficient (Wildman–Crippen LogP) is 5.54. The second kappa shape index (κ2) is 52.5. The molecule has 10 rings (SSSR count). The first kappa shape index (κ1) is 106. The highest BCUT2D eigenvalue weighted by Gasteiger charge is 2.80. The smallest absolute Gasteiger partial charge is 0.246 e. The van der Waals surface area contributed by atoms with Crippen molar-refractivity contribution in [1.82, 2.24) is 58.5 Å². The Kier molecular flexibility index (Phi) is 42.3. The maximum absolute atomic E-state index is 18.1. The predicted molar refractivity (Wildman–Crippen MR) is 483 cm³/mol. The summed E-state index contributed by atoms with van der Waals surface area (Å²) in [5.41, 5.74) is 10.4. The molecule has 0 bridgehead atoms. The molecule has 3 heterocycles. The van der Waals surface area contributed by atoms with Gasteiger partial charge in [-0.05, 0) is 144 Å². The summed E-state index contributed by atoms with van der Waals surface area (Å²) < 4.78 is 112. The lowest BCUT2D eigenvalue weighted by atomic mass is 9.44. The average molecular weight is 1870 g/mol. The van der Waals surface area contributed by atoms with E-state index in [0.29, 0.717) is 143 Å². The van der Waals surface area contributed by atoms with Gasteiger partial charge in [0.05, 0.1) is 188 Å². The Morgan fingerprint density at radius 1 is 0.644 bits per heavy atom. The van der Waals surface area contributed by atoms with Gasteiger partial charge >= 0.3 is 0 Å². The van der Waals surface area contributed by atoms with Crippen molar-refractivity contribution in [3.8, 4) is 5.75 Å². The van der Waals surface area contributed by atoms with Crippen LogP contribution >= 0.6 is 0 Å². The fourth-order valence-corrected chi connectivity index (χ4v) is 19.4. The van der Waals surface area contributed by atoms with Crippen LogP contribution in [-0.2, 0) is 100.0 Å². The summed E-state index contributed by atoms with van der Waals surface area (Å²) in [5, 5.41) is 33.3. The van der Waals surface area contributed by atoms with Crippen LogP contribution in [0.2, 0.25) is 0 Å². The van der Waals surface area contributed by atoms with E-state index >= 15 is 8.78 Å². The number of nitrogens with one attached hydrogen (secondary N) is 10. The van der Waals surface area contributed by atoms with E-state index in [9.17, 15) is 48.3 Å². The minimum atomic E-state index is -2.37. The molecule has 1 saturated heterocycles. The summed E-state index contributed by atoms with van der Waals surface area (Å²) in [6, 6.07) is 4.09. The molecular formula is C94H150F2N13O23+. The first-order valence-electron chi connectivity index (χ1n) is 47.8. The Morgan fingerprint density at radius 3 is 1.83 bits per heavy atom. The number of quaternary nitrogens is 1. The Morgan fingerprint density at radius 2 is 1.21 bits per heavy atom. The van der Waals surface area contributed by atoms with Gasteiger partial charge in [0, 0.05) is 67.8 Å². The zero-order valence-corrected chi connectivity index (χ0v) is 79.3. The number of aliphatic hydroxyl groups excluding tert-OH is 1. The fraction of sp³-hybridized carbons (Fsp3) is 0.755. The average Bonchev–Trinajstić information content (AvgIpc) is 1.48. The number of halogens is 2. The lowest BCUT2D eigenvalue weighted by Crippen LogP contribution is -2.71. The fourth-order valence-electron chi connectivity index (χ4n) is 19.4. The summed E-state index contributed by atoms with van der Waals surface area (Å²) in [6.07, 6.45) is 9.29. The van der Waals surface area contributed by atoms with Gasteiger partial charge in [-0.1, -0.05) is 72.8 Å². The van der Waals surface area contributed by atoms with Gasteiger partial charge < -0.3 is 114 Å². The number of ketones is 3. The van der Waals surface area contributed by atoms with E-state index in [0.717, 1.165) is 97.7 Å². The van der Waals surface area contributed by atoms with Gasteiger partial charge in [-0.15, -0.1) is 11.1 Å². The Labute approximate surface area is 776 Å². The number of amides is 6. The maximum atomic E-state index is 18.1. The molecule has 0 radical (unpaired) electrons. The van der Waals surface area contributed by atoms with Crippen LogP contribution in [-0.4, -0.2) is 319 Å². The Hall–Kier alpha value is -7.77. The number of ether oxygens (including phenoxy) is 13. The second-order valence-corrected chi connectivity index (χ2v) is 37.6. The molecule has 4 fully saturated rings. The highest BCUT2D eigenvalue weighted by molar-refractivity contribution is 6.02. The highest BCUT2D eigenvalue weighted by Crippen LogP contribution is 2.72. The molecular weight excluding hydrogens is 1720 g/mol.